The van der Waals surface area contributed by atoms with E-state index in [0.29, 0.717) is 51.3 Å². The highest BCUT2D eigenvalue weighted by atomic mass is 32.1. The molecule has 0 spiro atoms. The normalized spacial score (nSPS) is 20.8. The molecule has 3 aliphatic rings. The number of aliphatic hydroxyl groups excluding tert-OH is 1. The van der Waals surface area contributed by atoms with E-state index in [-0.39, 0.29) is 37.8 Å². The molecule has 224 valence electrons. The van der Waals surface area contributed by atoms with Crippen molar-refractivity contribution in [2.75, 3.05) is 62.8 Å². The number of benzene rings is 2. The highest BCUT2D eigenvalue weighted by Crippen LogP contribution is 2.37. The van der Waals surface area contributed by atoms with Gasteiger partial charge in [0, 0.05) is 54.9 Å². The fourth-order valence-corrected chi connectivity index (χ4v) is 6.41. The van der Waals surface area contributed by atoms with Gasteiger partial charge in [-0.15, -0.1) is 0 Å². The van der Waals surface area contributed by atoms with Gasteiger partial charge in [-0.1, -0.05) is 30.8 Å². The SMILES string of the molecule is C=CC(=O)N1CCN(c2nc(OC[C@@H]3CCCN3C)nc3c2CCN(c2cc(O)cc4ccccc24)C3)C(CO)C1.S. The van der Waals surface area contributed by atoms with E-state index >= 15 is 0 Å². The number of likely N-dealkylation sites (tertiary alicyclic amines) is 1. The van der Waals surface area contributed by atoms with Crippen molar-refractivity contribution in [3.63, 3.8) is 0 Å². The summed E-state index contributed by atoms with van der Waals surface area (Å²) in [7, 11) is 2.12. The average Bonchev–Trinajstić information content (AvgIpc) is 3.42. The van der Waals surface area contributed by atoms with Gasteiger partial charge in [0.1, 0.15) is 18.2 Å². The van der Waals surface area contributed by atoms with E-state index in [1.165, 1.54) is 6.08 Å². The van der Waals surface area contributed by atoms with Gasteiger partial charge in [0.2, 0.25) is 5.91 Å². The number of carbonyl (C=O) groups excluding carboxylic acids is 1. The van der Waals surface area contributed by atoms with E-state index in [1.54, 1.807) is 11.0 Å². The highest BCUT2D eigenvalue weighted by molar-refractivity contribution is 7.59. The van der Waals surface area contributed by atoms with E-state index < -0.39 is 0 Å². The third kappa shape index (κ3) is 5.86. The maximum atomic E-state index is 12.3. The van der Waals surface area contributed by atoms with Gasteiger partial charge in [0.15, 0.2) is 0 Å². The number of piperazine rings is 1. The number of nitrogens with zero attached hydrogens (tertiary/aromatic N) is 6. The van der Waals surface area contributed by atoms with Gasteiger partial charge in [-0.3, -0.25) is 4.79 Å². The number of phenolic OH excluding ortho intramolecular Hbond substituents is 1. The van der Waals surface area contributed by atoms with Crippen LogP contribution in [0.5, 0.6) is 11.8 Å². The van der Waals surface area contributed by atoms with Crippen LogP contribution in [0, 0.1) is 0 Å². The lowest BCUT2D eigenvalue weighted by atomic mass is 10.0. The summed E-state index contributed by atoms with van der Waals surface area (Å²) in [5, 5.41) is 22.9. The summed E-state index contributed by atoms with van der Waals surface area (Å²) < 4.78 is 6.24. The molecular weight excluding hydrogens is 552 g/mol. The first-order chi connectivity index (χ1) is 19.9. The Morgan fingerprint density at radius 2 is 1.98 bits per heavy atom. The van der Waals surface area contributed by atoms with Crippen LogP contribution in [0.4, 0.5) is 11.5 Å². The monoisotopic (exact) mass is 592 g/mol. The zero-order valence-corrected chi connectivity index (χ0v) is 25.1. The third-order valence-corrected chi connectivity index (χ3v) is 8.72. The number of fused-ring (bicyclic) bond motifs is 2. The molecule has 6 rings (SSSR count). The van der Waals surface area contributed by atoms with Gasteiger partial charge < -0.3 is 34.5 Å². The number of phenols is 1. The molecule has 1 unspecified atom stereocenters. The summed E-state index contributed by atoms with van der Waals surface area (Å²) in [4.78, 5) is 30.6. The highest BCUT2D eigenvalue weighted by Gasteiger charge is 2.34. The Bertz CT molecular complexity index is 1450. The van der Waals surface area contributed by atoms with Crippen LogP contribution in [0.1, 0.15) is 24.1 Å². The van der Waals surface area contributed by atoms with Gasteiger partial charge in [-0.2, -0.15) is 23.5 Å². The molecule has 42 heavy (non-hydrogen) atoms. The van der Waals surface area contributed by atoms with Gasteiger partial charge in [0.25, 0.3) is 0 Å². The Labute approximate surface area is 253 Å². The minimum Gasteiger partial charge on any atom is -0.508 e. The van der Waals surface area contributed by atoms with E-state index in [0.717, 1.165) is 59.5 Å². The van der Waals surface area contributed by atoms with Crippen LogP contribution < -0.4 is 14.5 Å². The standard InChI is InChI=1S/C31H38N6O4.H2S/c1-3-29(40)36-13-14-37(23(17-36)19-38)30-26-10-12-35(28-16-24(39)15-21-7-4-5-9-25(21)28)18-27(26)32-31(33-30)41-20-22-8-6-11-34(22)2;/h3-5,7,9,15-16,22-23,38-39H,1,6,8,10-14,17-20H2,2H3;1H2/t22-,23?;/m0./s1. The van der Waals surface area contributed by atoms with E-state index in [4.69, 9.17) is 14.7 Å². The number of rotatable bonds is 7. The molecule has 10 nitrogen and oxygen atoms in total. The van der Waals surface area contributed by atoms with Crippen molar-refractivity contribution in [3.05, 3.63) is 60.3 Å². The maximum Gasteiger partial charge on any atom is 0.318 e. The zero-order valence-electron chi connectivity index (χ0n) is 24.1. The number of hydrogen-bond donors (Lipinski definition) is 2. The quantitative estimate of drug-likeness (QED) is 0.401. The summed E-state index contributed by atoms with van der Waals surface area (Å²) in [5.74, 6) is 0.872. The Balaban J connectivity index is 0.00000353. The molecular formula is C31H40N6O4S. The van der Waals surface area contributed by atoms with Crippen molar-refractivity contribution < 1.29 is 19.7 Å². The van der Waals surface area contributed by atoms with Crippen LogP contribution >= 0.6 is 13.5 Å². The Morgan fingerprint density at radius 3 is 2.74 bits per heavy atom. The van der Waals surface area contributed by atoms with Gasteiger partial charge >= 0.3 is 6.01 Å². The molecule has 0 aliphatic carbocycles. The molecule has 1 aromatic heterocycles. The topological polar surface area (TPSA) is 106 Å². The first kappa shape index (κ1) is 29.9. The number of aliphatic hydroxyl groups is 1. The number of anilines is 2. The molecule has 0 bridgehead atoms. The summed E-state index contributed by atoms with van der Waals surface area (Å²) in [5.41, 5.74) is 2.88. The number of aromatic nitrogens is 2. The predicted octanol–water partition coefficient (Wildman–Crippen LogP) is 2.68. The minimum absolute atomic E-state index is 0. The molecule has 11 heteroatoms. The van der Waals surface area contributed by atoms with Crippen LogP contribution in [0.15, 0.2) is 49.1 Å². The van der Waals surface area contributed by atoms with Crippen molar-refractivity contribution in [2.45, 2.75) is 37.9 Å². The third-order valence-electron chi connectivity index (χ3n) is 8.72. The van der Waals surface area contributed by atoms with E-state index in [9.17, 15) is 15.0 Å². The van der Waals surface area contributed by atoms with Crippen molar-refractivity contribution >= 4 is 41.7 Å². The number of aromatic hydroxyl groups is 1. The number of hydrogen-bond acceptors (Lipinski definition) is 9. The predicted molar refractivity (Wildman–Crippen MR) is 169 cm³/mol. The zero-order chi connectivity index (χ0) is 28.5. The van der Waals surface area contributed by atoms with Crippen LogP contribution in [-0.2, 0) is 17.8 Å². The Morgan fingerprint density at radius 1 is 1.14 bits per heavy atom. The van der Waals surface area contributed by atoms with E-state index in [2.05, 4.69) is 34.4 Å². The Kier molecular flexibility index (Phi) is 9.10. The molecule has 2 fully saturated rings. The molecule has 2 aromatic carbocycles. The fourth-order valence-electron chi connectivity index (χ4n) is 6.41. The largest absolute Gasteiger partial charge is 0.508 e. The molecule has 3 aromatic rings. The van der Waals surface area contributed by atoms with Gasteiger partial charge in [-0.05, 0) is 50.4 Å². The number of amides is 1. The van der Waals surface area contributed by atoms with Crippen molar-refractivity contribution in [2.24, 2.45) is 0 Å². The number of ether oxygens (including phenoxy) is 1. The second-order valence-electron chi connectivity index (χ2n) is 11.2. The van der Waals surface area contributed by atoms with Crippen LogP contribution in [0.25, 0.3) is 10.8 Å². The van der Waals surface area contributed by atoms with Gasteiger partial charge in [0.05, 0.1) is 24.9 Å². The number of likely N-dealkylation sites (N-methyl/N-ethyl adjacent to an activating group) is 1. The lowest BCUT2D eigenvalue weighted by Crippen LogP contribution is -2.56. The molecule has 0 saturated carbocycles. The molecule has 2 N–H and O–H groups in total. The van der Waals surface area contributed by atoms with Crippen molar-refractivity contribution in [1.82, 2.24) is 19.8 Å². The Hall–Kier alpha value is -3.54. The van der Waals surface area contributed by atoms with Crippen molar-refractivity contribution in [1.29, 1.82) is 0 Å². The molecule has 3 aliphatic heterocycles. The molecule has 0 radical (unpaired) electrons. The minimum atomic E-state index is -0.298. The first-order valence-corrected chi connectivity index (χ1v) is 14.4. The first-order valence-electron chi connectivity index (χ1n) is 14.4. The second kappa shape index (κ2) is 12.8. The molecule has 4 heterocycles. The summed E-state index contributed by atoms with van der Waals surface area (Å²) >= 11 is 0. The van der Waals surface area contributed by atoms with E-state index in [1.807, 2.05) is 24.3 Å². The maximum absolute atomic E-state index is 12.3. The molecule has 2 saturated heterocycles. The number of carbonyl (C=O) groups is 1. The van der Waals surface area contributed by atoms with Crippen LogP contribution in [-0.4, -0.2) is 101 Å². The van der Waals surface area contributed by atoms with Crippen molar-refractivity contribution in [3.8, 4) is 11.8 Å². The lowest BCUT2D eigenvalue weighted by Gasteiger charge is -2.42. The van der Waals surface area contributed by atoms with Crippen LogP contribution in [0.3, 0.4) is 0 Å². The fraction of sp³-hybridized carbons (Fsp3) is 0.452. The second-order valence-corrected chi connectivity index (χ2v) is 11.2. The van der Waals surface area contributed by atoms with Crippen LogP contribution in [0.2, 0.25) is 0 Å². The summed E-state index contributed by atoms with van der Waals surface area (Å²) in [6.45, 7) is 7.80. The molecule has 2 atom stereocenters. The van der Waals surface area contributed by atoms with Gasteiger partial charge in [-0.25, -0.2) is 0 Å². The average molecular weight is 593 g/mol. The lowest BCUT2D eigenvalue weighted by molar-refractivity contribution is -0.126. The molecule has 1 amide bonds. The summed E-state index contributed by atoms with van der Waals surface area (Å²) in [6.07, 6.45) is 4.25. The smallest absolute Gasteiger partial charge is 0.318 e. The summed E-state index contributed by atoms with van der Waals surface area (Å²) in [6, 6.07) is 12.0.